The minimum atomic E-state index is -1.08. The average molecular weight is 277 g/mol. The Kier molecular flexibility index (Phi) is 4.61. The molecule has 0 radical (unpaired) electrons. The molecule has 98 valence electrons. The molecule has 0 heterocycles. The molecule has 0 aliphatic heterocycles. The van der Waals surface area contributed by atoms with Crippen LogP contribution < -0.4 is 11.1 Å². The van der Waals surface area contributed by atoms with Crippen molar-refractivity contribution in [1.29, 1.82) is 0 Å². The van der Waals surface area contributed by atoms with Gasteiger partial charge in [-0.25, -0.2) is 8.78 Å². The van der Waals surface area contributed by atoms with E-state index in [0.29, 0.717) is 6.07 Å². The quantitative estimate of drug-likeness (QED) is 0.824. The van der Waals surface area contributed by atoms with Crippen molar-refractivity contribution in [1.82, 2.24) is 0 Å². The van der Waals surface area contributed by atoms with E-state index in [1.165, 1.54) is 0 Å². The average Bonchev–Trinajstić information content (AvgIpc) is 2.30. The molecule has 0 saturated heterocycles. The van der Waals surface area contributed by atoms with E-state index >= 15 is 0 Å². The van der Waals surface area contributed by atoms with Crippen LogP contribution in [0.5, 0.6) is 0 Å². The van der Waals surface area contributed by atoms with E-state index in [4.69, 9.17) is 17.3 Å². The number of carbonyl (C=O) groups excluding carboxylic acids is 2. The topological polar surface area (TPSA) is 72.2 Å². The Morgan fingerprint density at radius 1 is 1.39 bits per heavy atom. The molecule has 3 N–H and O–H groups in total. The highest BCUT2D eigenvalue weighted by Crippen LogP contribution is 2.20. The van der Waals surface area contributed by atoms with Crippen molar-refractivity contribution < 1.29 is 18.4 Å². The number of nitrogens with two attached hydrogens (primary N) is 1. The second-order valence-corrected chi connectivity index (χ2v) is 4.03. The van der Waals surface area contributed by atoms with E-state index in [1.54, 1.807) is 6.92 Å². The van der Waals surface area contributed by atoms with Crippen molar-refractivity contribution in [2.75, 3.05) is 11.2 Å². The molecule has 1 rings (SSSR count). The third-order valence-electron chi connectivity index (χ3n) is 2.26. The first-order valence-corrected chi connectivity index (χ1v) is 5.56. The first-order chi connectivity index (χ1) is 8.36. The van der Waals surface area contributed by atoms with E-state index < -0.39 is 34.9 Å². The molecule has 4 nitrogen and oxygen atoms in total. The fourth-order valence-corrected chi connectivity index (χ4v) is 1.30. The number of hydrogen-bond acceptors (Lipinski definition) is 2. The second kappa shape index (κ2) is 5.77. The van der Waals surface area contributed by atoms with Crippen LogP contribution in [0.2, 0.25) is 0 Å². The number of amides is 2. The van der Waals surface area contributed by atoms with Crippen molar-refractivity contribution in [3.63, 3.8) is 0 Å². The molecule has 1 unspecified atom stereocenters. The van der Waals surface area contributed by atoms with E-state index in [9.17, 15) is 18.4 Å². The zero-order valence-electron chi connectivity index (χ0n) is 9.47. The first kappa shape index (κ1) is 14.4. The van der Waals surface area contributed by atoms with Gasteiger partial charge in [-0.1, -0.05) is 6.92 Å². The predicted octanol–water partition coefficient (Wildman–Crippen LogP) is 1.88. The third kappa shape index (κ3) is 3.16. The molecule has 0 aliphatic carbocycles. The minimum Gasteiger partial charge on any atom is -0.366 e. The van der Waals surface area contributed by atoms with Gasteiger partial charge in [0.25, 0.3) is 5.91 Å². The monoisotopic (exact) mass is 276 g/mol. The summed E-state index contributed by atoms with van der Waals surface area (Å²) in [7, 11) is 0. The lowest BCUT2D eigenvalue weighted by Gasteiger charge is -2.11. The van der Waals surface area contributed by atoms with Gasteiger partial charge in [0.1, 0.15) is 11.6 Å². The highest BCUT2D eigenvalue weighted by Gasteiger charge is 2.17. The maximum absolute atomic E-state index is 13.4. The number of alkyl halides is 1. The maximum atomic E-state index is 13.4. The van der Waals surface area contributed by atoms with E-state index in [1.807, 2.05) is 0 Å². The molecular weight excluding hydrogens is 266 g/mol. The predicted molar refractivity (Wildman–Crippen MR) is 63.4 cm³/mol. The molecule has 0 fully saturated rings. The summed E-state index contributed by atoms with van der Waals surface area (Å²) in [6.45, 7) is 1.54. The number of carbonyl (C=O) groups is 2. The fraction of sp³-hybridized carbons (Fsp3) is 0.273. The summed E-state index contributed by atoms with van der Waals surface area (Å²) in [5.41, 5.74) is 4.11. The van der Waals surface area contributed by atoms with Gasteiger partial charge < -0.3 is 11.1 Å². The molecule has 1 atom stereocenters. The van der Waals surface area contributed by atoms with E-state index in [-0.39, 0.29) is 11.6 Å². The Balaban J connectivity index is 3.06. The fourth-order valence-electron chi connectivity index (χ4n) is 1.16. The van der Waals surface area contributed by atoms with Crippen LogP contribution >= 0.6 is 11.6 Å². The number of rotatable bonds is 4. The van der Waals surface area contributed by atoms with Gasteiger partial charge in [0, 0.05) is 17.9 Å². The van der Waals surface area contributed by atoms with Crippen LogP contribution in [0.3, 0.4) is 0 Å². The molecule has 0 aliphatic rings. The van der Waals surface area contributed by atoms with Crippen molar-refractivity contribution in [3.05, 3.63) is 29.3 Å². The van der Waals surface area contributed by atoms with Gasteiger partial charge in [-0.05, 0) is 6.07 Å². The van der Waals surface area contributed by atoms with Gasteiger partial charge in [0.05, 0.1) is 11.3 Å². The zero-order chi connectivity index (χ0) is 13.9. The number of hydrogen-bond donors (Lipinski definition) is 2. The van der Waals surface area contributed by atoms with Crippen LogP contribution in [-0.2, 0) is 4.79 Å². The molecule has 0 bridgehead atoms. The van der Waals surface area contributed by atoms with Crippen LogP contribution in [-0.4, -0.2) is 17.7 Å². The van der Waals surface area contributed by atoms with Crippen LogP contribution in [0.15, 0.2) is 12.1 Å². The Morgan fingerprint density at radius 2 is 2.00 bits per heavy atom. The second-order valence-electron chi connectivity index (χ2n) is 3.72. The Hall–Kier alpha value is -1.69. The lowest BCUT2D eigenvalue weighted by atomic mass is 10.1. The van der Waals surface area contributed by atoms with Gasteiger partial charge in [0.15, 0.2) is 0 Å². The van der Waals surface area contributed by atoms with Gasteiger partial charge in [-0.2, -0.15) is 0 Å². The van der Waals surface area contributed by atoms with Crippen LogP contribution in [0.1, 0.15) is 17.3 Å². The largest absolute Gasteiger partial charge is 0.366 e. The molecule has 1 aromatic carbocycles. The number of primary amides is 1. The summed E-state index contributed by atoms with van der Waals surface area (Å²) in [6, 6.07) is 1.34. The van der Waals surface area contributed by atoms with Crippen LogP contribution in [0.4, 0.5) is 14.5 Å². The summed E-state index contributed by atoms with van der Waals surface area (Å²) in [5, 5.41) is 2.21. The third-order valence-corrected chi connectivity index (χ3v) is 2.72. The number of halogens is 3. The van der Waals surface area contributed by atoms with Gasteiger partial charge >= 0.3 is 0 Å². The smallest absolute Gasteiger partial charge is 0.251 e. The summed E-state index contributed by atoms with van der Waals surface area (Å²) in [6.07, 6.45) is 0. The molecule has 2 amide bonds. The molecule has 0 spiro atoms. The SMILES string of the molecule is CC(CCl)C(=O)Nc1cc(C(N)=O)c(F)cc1F. The summed E-state index contributed by atoms with van der Waals surface area (Å²) in [5.74, 6) is -4.15. The summed E-state index contributed by atoms with van der Waals surface area (Å²) >= 11 is 5.47. The molecule has 18 heavy (non-hydrogen) atoms. The van der Waals surface area contributed by atoms with Crippen LogP contribution in [0.25, 0.3) is 0 Å². The maximum Gasteiger partial charge on any atom is 0.251 e. The number of nitrogens with one attached hydrogen (secondary N) is 1. The molecule has 0 aromatic heterocycles. The summed E-state index contributed by atoms with van der Waals surface area (Å²) < 4.78 is 26.6. The normalized spacial score (nSPS) is 12.0. The van der Waals surface area contributed by atoms with E-state index in [2.05, 4.69) is 5.32 Å². The minimum absolute atomic E-state index is 0.0529. The van der Waals surface area contributed by atoms with E-state index in [0.717, 1.165) is 6.07 Å². The first-order valence-electron chi connectivity index (χ1n) is 5.02. The van der Waals surface area contributed by atoms with Gasteiger partial charge in [0.2, 0.25) is 5.91 Å². The zero-order valence-corrected chi connectivity index (χ0v) is 10.2. The standard InChI is InChI=1S/C11H11ClF2N2O2/c1-5(4-12)11(18)16-9-2-6(10(15)17)7(13)3-8(9)14/h2-3,5H,4H2,1H3,(H2,15,17)(H,16,18). The molecule has 7 heteroatoms. The highest BCUT2D eigenvalue weighted by molar-refractivity contribution is 6.19. The van der Waals surface area contributed by atoms with Crippen molar-refractivity contribution in [2.24, 2.45) is 11.7 Å². The highest BCUT2D eigenvalue weighted by atomic mass is 35.5. The lowest BCUT2D eigenvalue weighted by Crippen LogP contribution is -2.23. The van der Waals surface area contributed by atoms with Crippen LogP contribution in [0, 0.1) is 17.6 Å². The number of benzene rings is 1. The summed E-state index contributed by atoms with van der Waals surface area (Å²) in [4.78, 5) is 22.4. The molecular formula is C11H11ClF2N2O2. The Morgan fingerprint density at radius 3 is 2.50 bits per heavy atom. The molecule has 0 saturated carbocycles. The van der Waals surface area contributed by atoms with Crippen molar-refractivity contribution in [3.8, 4) is 0 Å². The van der Waals surface area contributed by atoms with Crippen molar-refractivity contribution in [2.45, 2.75) is 6.92 Å². The van der Waals surface area contributed by atoms with Gasteiger partial charge in [-0.15, -0.1) is 11.6 Å². The number of anilines is 1. The van der Waals surface area contributed by atoms with Gasteiger partial charge in [-0.3, -0.25) is 9.59 Å². The molecule has 1 aromatic rings. The Labute approximate surface area is 107 Å². The Bertz CT molecular complexity index is 494. The lowest BCUT2D eigenvalue weighted by molar-refractivity contribution is -0.118. The van der Waals surface area contributed by atoms with Crippen molar-refractivity contribution >= 4 is 29.1 Å².